The lowest BCUT2D eigenvalue weighted by molar-refractivity contribution is -0.131. The van der Waals surface area contributed by atoms with Crippen molar-refractivity contribution >= 4 is 17.6 Å². The van der Waals surface area contributed by atoms with Gasteiger partial charge in [-0.15, -0.1) is 0 Å². The van der Waals surface area contributed by atoms with Gasteiger partial charge in [0.15, 0.2) is 0 Å². The highest BCUT2D eigenvalue weighted by Crippen LogP contribution is 2.25. The standard InChI is InChI=1S/C20H23N5O2/c1-13-9-18(21)23-11-16(13)14-3-2-4-15(10-14)20(27)25-8-7-24-6-5-22-19(26)17(24)12-25/h2-4,9-11,17H,5-8,12H2,1H3,(H2,21,23)(H,22,26)/t17-/m0/s1. The van der Waals surface area contributed by atoms with Crippen LogP contribution in [-0.2, 0) is 4.79 Å². The first-order valence-electron chi connectivity index (χ1n) is 9.16. The highest BCUT2D eigenvalue weighted by molar-refractivity contribution is 5.96. The van der Waals surface area contributed by atoms with Crippen molar-refractivity contribution in [3.63, 3.8) is 0 Å². The molecule has 2 saturated heterocycles. The van der Waals surface area contributed by atoms with E-state index < -0.39 is 0 Å². The van der Waals surface area contributed by atoms with Gasteiger partial charge < -0.3 is 16.0 Å². The number of anilines is 1. The molecule has 0 radical (unpaired) electrons. The number of hydrogen-bond acceptors (Lipinski definition) is 5. The predicted molar refractivity (Wildman–Crippen MR) is 103 cm³/mol. The summed E-state index contributed by atoms with van der Waals surface area (Å²) in [6.07, 6.45) is 1.74. The molecule has 140 valence electrons. The Labute approximate surface area is 158 Å². The van der Waals surface area contributed by atoms with Crippen molar-refractivity contribution in [1.82, 2.24) is 20.1 Å². The number of piperazine rings is 2. The molecule has 3 heterocycles. The molecule has 2 aliphatic heterocycles. The molecule has 7 heteroatoms. The number of amides is 2. The zero-order valence-corrected chi connectivity index (χ0v) is 15.3. The molecular weight excluding hydrogens is 342 g/mol. The van der Waals surface area contributed by atoms with E-state index in [1.165, 1.54) is 0 Å². The highest BCUT2D eigenvalue weighted by Gasteiger charge is 2.36. The molecule has 1 aromatic heterocycles. The third-order valence-corrected chi connectivity index (χ3v) is 5.33. The molecule has 27 heavy (non-hydrogen) atoms. The molecular formula is C20H23N5O2. The molecule has 2 aromatic rings. The van der Waals surface area contributed by atoms with Gasteiger partial charge in [0.05, 0.1) is 0 Å². The average molecular weight is 365 g/mol. The number of nitrogen functional groups attached to an aromatic ring is 1. The number of nitrogens with zero attached hydrogens (tertiary/aromatic N) is 3. The van der Waals surface area contributed by atoms with E-state index in [0.717, 1.165) is 29.8 Å². The Bertz CT molecular complexity index is 898. The van der Waals surface area contributed by atoms with Crippen molar-refractivity contribution in [3.8, 4) is 11.1 Å². The zero-order valence-electron chi connectivity index (χ0n) is 15.3. The second-order valence-corrected chi connectivity index (χ2v) is 7.10. The summed E-state index contributed by atoms with van der Waals surface area (Å²) in [4.78, 5) is 33.3. The first-order chi connectivity index (χ1) is 13.0. The molecule has 2 aliphatic rings. The number of rotatable bonds is 2. The SMILES string of the molecule is Cc1cc(N)ncc1-c1cccc(C(=O)N2CCN3CCNC(=O)[C@@H]3C2)c1. The Balaban J connectivity index is 1.57. The first-order valence-corrected chi connectivity index (χ1v) is 9.16. The zero-order chi connectivity index (χ0) is 19.0. The maximum Gasteiger partial charge on any atom is 0.253 e. The van der Waals surface area contributed by atoms with Crippen LogP contribution in [0.15, 0.2) is 36.5 Å². The normalized spacial score (nSPS) is 20.1. The second kappa shape index (κ2) is 7.00. The number of carbonyl (C=O) groups is 2. The molecule has 4 rings (SSSR count). The number of nitrogens with one attached hydrogen (secondary N) is 1. The lowest BCUT2D eigenvalue weighted by Crippen LogP contribution is -2.64. The van der Waals surface area contributed by atoms with Crippen LogP contribution in [0.2, 0.25) is 0 Å². The van der Waals surface area contributed by atoms with Crippen LogP contribution in [0.3, 0.4) is 0 Å². The summed E-state index contributed by atoms with van der Waals surface area (Å²) in [6, 6.07) is 9.12. The van der Waals surface area contributed by atoms with Gasteiger partial charge in [-0.05, 0) is 36.2 Å². The van der Waals surface area contributed by atoms with E-state index in [1.54, 1.807) is 11.1 Å². The number of carbonyl (C=O) groups excluding carboxylic acids is 2. The smallest absolute Gasteiger partial charge is 0.253 e. The molecule has 0 spiro atoms. The van der Waals surface area contributed by atoms with E-state index in [9.17, 15) is 9.59 Å². The van der Waals surface area contributed by atoms with Crippen LogP contribution in [0.5, 0.6) is 0 Å². The fraction of sp³-hybridized carbons (Fsp3) is 0.350. The summed E-state index contributed by atoms with van der Waals surface area (Å²) in [5.74, 6) is 0.444. The van der Waals surface area contributed by atoms with Gasteiger partial charge in [0, 0.05) is 50.0 Å². The quantitative estimate of drug-likeness (QED) is 0.825. The Morgan fingerprint density at radius 1 is 1.26 bits per heavy atom. The van der Waals surface area contributed by atoms with Gasteiger partial charge in [-0.3, -0.25) is 14.5 Å². The van der Waals surface area contributed by atoms with Crippen LogP contribution >= 0.6 is 0 Å². The minimum Gasteiger partial charge on any atom is -0.384 e. The van der Waals surface area contributed by atoms with Crippen LogP contribution in [0.4, 0.5) is 5.82 Å². The summed E-state index contributed by atoms with van der Waals surface area (Å²) < 4.78 is 0. The Kier molecular flexibility index (Phi) is 4.53. The maximum atomic E-state index is 13.0. The minimum atomic E-state index is -0.247. The lowest BCUT2D eigenvalue weighted by Gasteiger charge is -2.43. The van der Waals surface area contributed by atoms with Crippen LogP contribution in [-0.4, -0.2) is 65.4 Å². The van der Waals surface area contributed by atoms with Gasteiger partial charge in [-0.2, -0.15) is 0 Å². The fourth-order valence-electron chi connectivity index (χ4n) is 3.84. The Hall–Kier alpha value is -2.93. The van der Waals surface area contributed by atoms with E-state index in [4.69, 9.17) is 5.73 Å². The second-order valence-electron chi connectivity index (χ2n) is 7.10. The highest BCUT2D eigenvalue weighted by atomic mass is 16.2. The molecule has 0 unspecified atom stereocenters. The number of pyridine rings is 1. The van der Waals surface area contributed by atoms with Gasteiger partial charge in [0.25, 0.3) is 5.91 Å². The summed E-state index contributed by atoms with van der Waals surface area (Å²) in [5.41, 5.74) is 9.25. The Morgan fingerprint density at radius 3 is 2.93 bits per heavy atom. The van der Waals surface area contributed by atoms with Gasteiger partial charge in [0.1, 0.15) is 11.9 Å². The van der Waals surface area contributed by atoms with E-state index in [0.29, 0.717) is 31.0 Å². The molecule has 0 aliphatic carbocycles. The van der Waals surface area contributed by atoms with Crippen LogP contribution in [0.1, 0.15) is 15.9 Å². The lowest BCUT2D eigenvalue weighted by atomic mass is 10.00. The third-order valence-electron chi connectivity index (χ3n) is 5.33. The first kappa shape index (κ1) is 17.5. The van der Waals surface area contributed by atoms with Gasteiger partial charge in [0.2, 0.25) is 5.91 Å². The van der Waals surface area contributed by atoms with Crippen molar-refractivity contribution in [2.75, 3.05) is 38.5 Å². The van der Waals surface area contributed by atoms with Crippen molar-refractivity contribution in [1.29, 1.82) is 0 Å². The Morgan fingerprint density at radius 2 is 2.11 bits per heavy atom. The topological polar surface area (TPSA) is 91.6 Å². The predicted octanol–water partition coefficient (Wildman–Crippen LogP) is 0.895. The molecule has 3 N–H and O–H groups in total. The molecule has 1 atom stereocenters. The number of aromatic nitrogens is 1. The van der Waals surface area contributed by atoms with Crippen molar-refractivity contribution < 1.29 is 9.59 Å². The van der Waals surface area contributed by atoms with E-state index >= 15 is 0 Å². The molecule has 1 aromatic carbocycles. The summed E-state index contributed by atoms with van der Waals surface area (Å²) in [7, 11) is 0. The van der Waals surface area contributed by atoms with E-state index in [2.05, 4.69) is 15.2 Å². The molecule has 2 amide bonds. The van der Waals surface area contributed by atoms with Gasteiger partial charge >= 0.3 is 0 Å². The number of nitrogens with two attached hydrogens (primary N) is 1. The number of aryl methyl sites for hydroxylation is 1. The molecule has 0 saturated carbocycles. The minimum absolute atomic E-state index is 0.0103. The number of hydrogen-bond donors (Lipinski definition) is 2. The van der Waals surface area contributed by atoms with E-state index in [-0.39, 0.29) is 17.9 Å². The average Bonchev–Trinajstić information content (AvgIpc) is 2.67. The van der Waals surface area contributed by atoms with Crippen molar-refractivity contribution in [2.45, 2.75) is 13.0 Å². The maximum absolute atomic E-state index is 13.0. The fourth-order valence-corrected chi connectivity index (χ4v) is 3.84. The van der Waals surface area contributed by atoms with Gasteiger partial charge in [-0.1, -0.05) is 12.1 Å². The largest absolute Gasteiger partial charge is 0.384 e. The van der Waals surface area contributed by atoms with E-state index in [1.807, 2.05) is 37.3 Å². The molecule has 0 bridgehead atoms. The third kappa shape index (κ3) is 3.38. The number of benzene rings is 1. The molecule has 2 fully saturated rings. The van der Waals surface area contributed by atoms with Crippen LogP contribution in [0, 0.1) is 6.92 Å². The molecule has 7 nitrogen and oxygen atoms in total. The summed E-state index contributed by atoms with van der Waals surface area (Å²) >= 11 is 0. The number of fused-ring (bicyclic) bond motifs is 1. The summed E-state index contributed by atoms with van der Waals surface area (Å²) in [5, 5.41) is 2.89. The van der Waals surface area contributed by atoms with Crippen molar-refractivity contribution in [3.05, 3.63) is 47.7 Å². The monoisotopic (exact) mass is 365 g/mol. The van der Waals surface area contributed by atoms with Crippen molar-refractivity contribution in [2.24, 2.45) is 0 Å². The van der Waals surface area contributed by atoms with Crippen LogP contribution in [0.25, 0.3) is 11.1 Å². The van der Waals surface area contributed by atoms with Gasteiger partial charge in [-0.25, -0.2) is 4.98 Å². The summed E-state index contributed by atoms with van der Waals surface area (Å²) in [6.45, 7) is 5.29. The van der Waals surface area contributed by atoms with Crippen LogP contribution < -0.4 is 11.1 Å².